The Bertz CT molecular complexity index is 338. The van der Waals surface area contributed by atoms with Crippen molar-refractivity contribution in [3.63, 3.8) is 0 Å². The van der Waals surface area contributed by atoms with Crippen molar-refractivity contribution in [2.24, 2.45) is 0 Å². The number of hydrogen-bond acceptors (Lipinski definition) is 5. The SMILES string of the molecule is COCCNCC(=O)Nc1nc(C)c(C)s1.Cl. The molecule has 7 heteroatoms. The van der Waals surface area contributed by atoms with Crippen LogP contribution >= 0.6 is 23.7 Å². The zero-order valence-corrected chi connectivity index (χ0v) is 11.8. The van der Waals surface area contributed by atoms with Gasteiger partial charge in [0.2, 0.25) is 5.91 Å². The summed E-state index contributed by atoms with van der Waals surface area (Å²) in [5.74, 6) is -0.0788. The maximum Gasteiger partial charge on any atom is 0.240 e. The third kappa shape index (κ3) is 5.97. The van der Waals surface area contributed by atoms with E-state index >= 15 is 0 Å². The number of carbonyl (C=O) groups excluding carboxylic acids is 1. The maximum atomic E-state index is 11.4. The average Bonchev–Trinajstić information content (AvgIpc) is 2.53. The molecule has 0 aromatic carbocycles. The van der Waals surface area contributed by atoms with E-state index in [1.165, 1.54) is 11.3 Å². The zero-order chi connectivity index (χ0) is 12.0. The van der Waals surface area contributed by atoms with E-state index in [9.17, 15) is 4.79 Å². The van der Waals surface area contributed by atoms with Crippen LogP contribution in [0.5, 0.6) is 0 Å². The van der Waals surface area contributed by atoms with Crippen molar-refractivity contribution in [2.75, 3.05) is 32.1 Å². The number of amides is 1. The van der Waals surface area contributed by atoms with Crippen molar-refractivity contribution < 1.29 is 9.53 Å². The second-order valence-corrected chi connectivity index (χ2v) is 4.58. The van der Waals surface area contributed by atoms with Crippen molar-refractivity contribution in [1.82, 2.24) is 10.3 Å². The third-order valence-corrected chi connectivity index (χ3v) is 3.03. The Morgan fingerprint density at radius 3 is 2.71 bits per heavy atom. The molecule has 0 saturated heterocycles. The molecule has 0 aliphatic rings. The smallest absolute Gasteiger partial charge is 0.240 e. The number of aromatic nitrogens is 1. The molecule has 0 atom stereocenters. The highest BCUT2D eigenvalue weighted by Gasteiger charge is 2.06. The summed E-state index contributed by atoms with van der Waals surface area (Å²) in [6.45, 7) is 5.46. The van der Waals surface area contributed by atoms with Crippen LogP contribution in [-0.4, -0.2) is 37.7 Å². The van der Waals surface area contributed by atoms with Crippen LogP contribution in [0.15, 0.2) is 0 Å². The van der Waals surface area contributed by atoms with E-state index in [1.54, 1.807) is 7.11 Å². The molecule has 5 nitrogen and oxygen atoms in total. The highest BCUT2D eigenvalue weighted by atomic mass is 35.5. The second-order valence-electron chi connectivity index (χ2n) is 3.38. The lowest BCUT2D eigenvalue weighted by Crippen LogP contribution is -2.30. The molecule has 98 valence electrons. The lowest BCUT2D eigenvalue weighted by atomic mass is 10.4. The van der Waals surface area contributed by atoms with Crippen molar-refractivity contribution >= 4 is 34.8 Å². The largest absolute Gasteiger partial charge is 0.383 e. The van der Waals surface area contributed by atoms with Gasteiger partial charge in [-0.15, -0.1) is 23.7 Å². The molecule has 0 bridgehead atoms. The van der Waals surface area contributed by atoms with Crippen LogP contribution in [0.4, 0.5) is 5.13 Å². The van der Waals surface area contributed by atoms with Crippen LogP contribution < -0.4 is 10.6 Å². The van der Waals surface area contributed by atoms with Crippen molar-refractivity contribution in [1.29, 1.82) is 0 Å². The lowest BCUT2D eigenvalue weighted by Gasteiger charge is -2.03. The Morgan fingerprint density at radius 2 is 2.18 bits per heavy atom. The zero-order valence-electron chi connectivity index (χ0n) is 10.2. The summed E-state index contributed by atoms with van der Waals surface area (Å²) in [6, 6.07) is 0. The standard InChI is InChI=1S/C10H17N3O2S.ClH/c1-7-8(2)16-10(12-7)13-9(14)6-11-4-5-15-3;/h11H,4-6H2,1-3H3,(H,12,13,14);1H. The quantitative estimate of drug-likeness (QED) is 0.772. The summed E-state index contributed by atoms with van der Waals surface area (Å²) in [6.07, 6.45) is 0. The van der Waals surface area contributed by atoms with E-state index in [0.717, 1.165) is 10.6 Å². The normalized spacial score (nSPS) is 9.82. The van der Waals surface area contributed by atoms with Gasteiger partial charge in [-0.3, -0.25) is 4.79 Å². The van der Waals surface area contributed by atoms with E-state index in [2.05, 4.69) is 15.6 Å². The van der Waals surface area contributed by atoms with Gasteiger partial charge in [0.05, 0.1) is 18.8 Å². The van der Waals surface area contributed by atoms with Crippen molar-refractivity contribution in [3.8, 4) is 0 Å². The van der Waals surface area contributed by atoms with Crippen LogP contribution in [0.2, 0.25) is 0 Å². The number of nitrogens with one attached hydrogen (secondary N) is 2. The molecule has 2 N–H and O–H groups in total. The summed E-state index contributed by atoms with van der Waals surface area (Å²) in [5.41, 5.74) is 0.965. The van der Waals surface area contributed by atoms with E-state index in [0.29, 0.717) is 18.3 Å². The third-order valence-electron chi connectivity index (χ3n) is 2.04. The molecule has 0 spiro atoms. The van der Waals surface area contributed by atoms with E-state index in [-0.39, 0.29) is 24.9 Å². The van der Waals surface area contributed by atoms with E-state index in [1.807, 2.05) is 13.8 Å². The summed E-state index contributed by atoms with van der Waals surface area (Å²) in [7, 11) is 1.63. The second kappa shape index (κ2) is 8.41. The molecule has 0 saturated carbocycles. The summed E-state index contributed by atoms with van der Waals surface area (Å²) in [5, 5.41) is 6.37. The fourth-order valence-electron chi connectivity index (χ4n) is 1.07. The van der Waals surface area contributed by atoms with Gasteiger partial charge in [-0.1, -0.05) is 0 Å². The molecule has 17 heavy (non-hydrogen) atoms. The number of hydrogen-bond donors (Lipinski definition) is 2. The molecule has 1 aromatic heterocycles. The lowest BCUT2D eigenvalue weighted by molar-refractivity contribution is -0.115. The number of rotatable bonds is 6. The number of thiazole rings is 1. The molecule has 0 radical (unpaired) electrons. The van der Waals surface area contributed by atoms with Gasteiger partial charge >= 0.3 is 0 Å². The number of ether oxygens (including phenoxy) is 1. The minimum atomic E-state index is -0.0788. The fraction of sp³-hybridized carbons (Fsp3) is 0.600. The Morgan fingerprint density at radius 1 is 1.47 bits per heavy atom. The first-order chi connectivity index (χ1) is 7.63. The van der Waals surface area contributed by atoms with Crippen molar-refractivity contribution in [2.45, 2.75) is 13.8 Å². The monoisotopic (exact) mass is 279 g/mol. The Kier molecular flexibility index (Phi) is 8.07. The molecule has 0 unspecified atom stereocenters. The van der Waals surface area contributed by atoms with Crippen molar-refractivity contribution in [3.05, 3.63) is 10.6 Å². The highest BCUT2D eigenvalue weighted by Crippen LogP contribution is 2.20. The number of anilines is 1. The van der Waals surface area contributed by atoms with Gasteiger partial charge in [0.1, 0.15) is 0 Å². The topological polar surface area (TPSA) is 63.2 Å². The van der Waals surface area contributed by atoms with Crippen LogP contribution in [0.25, 0.3) is 0 Å². The average molecular weight is 280 g/mol. The highest BCUT2D eigenvalue weighted by molar-refractivity contribution is 7.15. The predicted molar refractivity (Wildman–Crippen MR) is 72.2 cm³/mol. The molecular weight excluding hydrogens is 262 g/mol. The molecule has 0 aliphatic heterocycles. The van der Waals surface area contributed by atoms with Gasteiger partial charge in [-0.25, -0.2) is 4.98 Å². The molecule has 0 aliphatic carbocycles. The van der Waals surface area contributed by atoms with Gasteiger partial charge in [-0.2, -0.15) is 0 Å². The Balaban J connectivity index is 0.00000256. The van der Waals surface area contributed by atoms with Crippen LogP contribution in [-0.2, 0) is 9.53 Å². The van der Waals surface area contributed by atoms with Crippen LogP contribution in [0, 0.1) is 13.8 Å². The number of nitrogens with zero attached hydrogens (tertiary/aromatic N) is 1. The Labute approximate surface area is 111 Å². The molecule has 1 heterocycles. The van der Waals surface area contributed by atoms with E-state index in [4.69, 9.17) is 4.74 Å². The van der Waals surface area contributed by atoms with Gasteiger partial charge in [0, 0.05) is 18.5 Å². The maximum absolute atomic E-state index is 11.4. The first-order valence-corrected chi connectivity index (χ1v) is 5.88. The van der Waals surface area contributed by atoms with Gasteiger partial charge in [0.15, 0.2) is 5.13 Å². The van der Waals surface area contributed by atoms with Gasteiger partial charge < -0.3 is 15.4 Å². The minimum Gasteiger partial charge on any atom is -0.383 e. The van der Waals surface area contributed by atoms with Gasteiger partial charge in [-0.05, 0) is 13.8 Å². The summed E-state index contributed by atoms with van der Waals surface area (Å²) >= 11 is 1.49. The van der Waals surface area contributed by atoms with Crippen LogP contribution in [0.3, 0.4) is 0 Å². The number of halogens is 1. The number of methoxy groups -OCH3 is 1. The Hall–Kier alpha value is -0.690. The van der Waals surface area contributed by atoms with Crippen LogP contribution in [0.1, 0.15) is 10.6 Å². The fourth-order valence-corrected chi connectivity index (χ4v) is 1.90. The molecule has 1 amide bonds. The first kappa shape index (κ1) is 16.3. The minimum absolute atomic E-state index is 0. The molecular formula is C10H18ClN3O2S. The molecule has 1 rings (SSSR count). The summed E-state index contributed by atoms with van der Waals surface area (Å²) in [4.78, 5) is 16.8. The number of aryl methyl sites for hydroxylation is 2. The predicted octanol–water partition coefficient (Wildman–Crippen LogP) is 1.36. The van der Waals surface area contributed by atoms with Gasteiger partial charge in [0.25, 0.3) is 0 Å². The summed E-state index contributed by atoms with van der Waals surface area (Å²) < 4.78 is 4.86. The molecule has 1 aromatic rings. The first-order valence-electron chi connectivity index (χ1n) is 5.07. The number of carbonyl (C=O) groups is 1. The van der Waals surface area contributed by atoms with E-state index < -0.39 is 0 Å². The molecule has 0 fully saturated rings.